The predicted octanol–water partition coefficient (Wildman–Crippen LogP) is 3.40. The summed E-state index contributed by atoms with van der Waals surface area (Å²) in [7, 11) is 1.95. The van der Waals surface area contributed by atoms with Gasteiger partial charge in [-0.15, -0.1) is 0 Å². The van der Waals surface area contributed by atoms with Crippen molar-refractivity contribution in [3.63, 3.8) is 0 Å². The molecule has 0 radical (unpaired) electrons. The fourth-order valence-corrected chi connectivity index (χ4v) is 2.38. The number of aryl methyl sites for hydroxylation is 1. The molecule has 0 atom stereocenters. The number of hydrogen-bond acceptors (Lipinski definition) is 2. The number of hydrogen-bond donors (Lipinski definition) is 2. The second-order valence-electron chi connectivity index (χ2n) is 4.57. The standard InChI is InChI=1S/C9H9N3.C7H8BrN.Pt/c1-12-7-10-9(11-12)8-5-3-2-4-6-8;8-7-3-1-6(5-9)2-4-7;/h2-6H,1H3,(H,10,11);1-4H,5,9H2;. The molecular formula is C16H17BrN4Pt. The molecule has 3 rings (SSSR count). The average molecular weight is 540 g/mol. The topological polar surface area (TPSA) is 59.6 Å². The number of benzene rings is 2. The van der Waals surface area contributed by atoms with Crippen LogP contribution in [-0.2, 0) is 32.9 Å². The Kier molecular flexibility index (Phi) is 6.49. The van der Waals surface area contributed by atoms with Crippen LogP contribution in [0.5, 0.6) is 0 Å². The fourth-order valence-electron chi connectivity index (χ4n) is 1.73. The molecule has 0 saturated carbocycles. The first-order chi connectivity index (χ1) is 10.6. The minimum atomic E-state index is 0.618. The molecule has 22 heavy (non-hydrogen) atoms. The molecule has 4 nitrogen and oxygen atoms in total. The average Bonchev–Trinajstić information content (AvgIpc) is 2.89. The van der Waals surface area contributed by atoms with Gasteiger partial charge >= 0.3 is 86.7 Å². The molecule has 2 aromatic carbocycles. The summed E-state index contributed by atoms with van der Waals surface area (Å²) in [5.41, 5.74) is 7.66. The summed E-state index contributed by atoms with van der Waals surface area (Å²) in [5.74, 6) is 0.910. The van der Waals surface area contributed by atoms with Crippen LogP contribution in [0.4, 0.5) is 0 Å². The van der Waals surface area contributed by atoms with E-state index in [1.54, 1.807) is 0 Å². The van der Waals surface area contributed by atoms with E-state index >= 15 is 0 Å². The van der Waals surface area contributed by atoms with Crippen molar-refractivity contribution in [1.82, 2.24) is 14.8 Å². The maximum absolute atomic E-state index is 5.38. The van der Waals surface area contributed by atoms with Gasteiger partial charge in [-0.1, -0.05) is 28.1 Å². The minimum Gasteiger partial charge on any atom is -0.326 e. The van der Waals surface area contributed by atoms with Crippen molar-refractivity contribution < 1.29 is 19.4 Å². The number of rotatable bonds is 2. The molecule has 0 bridgehead atoms. The van der Waals surface area contributed by atoms with Crippen molar-refractivity contribution >= 4 is 15.9 Å². The predicted molar refractivity (Wildman–Crippen MR) is 88.3 cm³/mol. The Morgan fingerprint density at radius 3 is 2.27 bits per heavy atom. The van der Waals surface area contributed by atoms with Gasteiger partial charge in [-0.3, -0.25) is 0 Å². The van der Waals surface area contributed by atoms with Gasteiger partial charge in [0.15, 0.2) is 0 Å². The van der Waals surface area contributed by atoms with E-state index in [0.29, 0.717) is 6.54 Å². The van der Waals surface area contributed by atoms with E-state index < -0.39 is 0 Å². The van der Waals surface area contributed by atoms with E-state index in [1.807, 2.05) is 66.3 Å². The number of nitrogens with zero attached hydrogens (tertiary/aromatic N) is 2. The third-order valence-corrected chi connectivity index (χ3v) is 4.47. The first-order valence-electron chi connectivity index (χ1n) is 6.68. The number of aromatic amines is 1. The zero-order valence-corrected chi connectivity index (χ0v) is 15.9. The quantitative estimate of drug-likeness (QED) is 0.524. The van der Waals surface area contributed by atoms with E-state index in [0.717, 1.165) is 19.7 Å². The zero-order valence-electron chi connectivity index (χ0n) is 12.1. The van der Waals surface area contributed by atoms with Gasteiger partial charge in [-0.2, -0.15) is 0 Å². The van der Waals surface area contributed by atoms with Crippen molar-refractivity contribution in [2.75, 3.05) is 0 Å². The summed E-state index contributed by atoms with van der Waals surface area (Å²) in [5, 5.41) is 3.16. The van der Waals surface area contributed by atoms with Crippen LogP contribution in [0.3, 0.4) is 0 Å². The first-order valence-corrected chi connectivity index (χ1v) is 8.61. The van der Waals surface area contributed by atoms with Crippen LogP contribution in [0.25, 0.3) is 11.4 Å². The number of nitrogens with two attached hydrogens (primary N) is 1. The van der Waals surface area contributed by atoms with E-state index in [-0.39, 0.29) is 0 Å². The van der Waals surface area contributed by atoms with Gasteiger partial charge in [-0.25, -0.2) is 0 Å². The molecule has 3 N–H and O–H groups in total. The van der Waals surface area contributed by atoms with Crippen molar-refractivity contribution in [1.29, 1.82) is 0 Å². The van der Waals surface area contributed by atoms with E-state index in [9.17, 15) is 0 Å². The Hall–Kier alpha value is -1.29. The number of H-pyrrole nitrogens is 1. The van der Waals surface area contributed by atoms with Crippen LogP contribution >= 0.6 is 15.9 Å². The van der Waals surface area contributed by atoms with Crippen LogP contribution in [0, 0.1) is 3.80 Å². The number of nitrogens with one attached hydrogen (secondary N) is 1. The van der Waals surface area contributed by atoms with Crippen molar-refractivity contribution in [3.05, 3.63) is 68.4 Å². The third-order valence-electron chi connectivity index (χ3n) is 2.92. The summed E-state index contributed by atoms with van der Waals surface area (Å²) in [4.78, 5) is 4.38. The van der Waals surface area contributed by atoms with Gasteiger partial charge in [0, 0.05) is 11.0 Å². The molecule has 1 heterocycles. The maximum atomic E-state index is 5.38. The van der Waals surface area contributed by atoms with Crippen LogP contribution in [-0.4, -0.2) is 14.8 Å². The summed E-state index contributed by atoms with van der Waals surface area (Å²) < 4.78 is 3.95. The van der Waals surface area contributed by atoms with Gasteiger partial charge in [0.25, 0.3) is 0 Å². The maximum Gasteiger partial charge on any atom is 0.0178 e. The van der Waals surface area contributed by atoms with Crippen molar-refractivity contribution in [3.8, 4) is 11.4 Å². The molecule has 0 spiro atoms. The Balaban J connectivity index is 0.000000172. The first kappa shape index (κ1) is 17.1. The third kappa shape index (κ3) is 4.87. The van der Waals surface area contributed by atoms with Crippen molar-refractivity contribution in [2.24, 2.45) is 12.8 Å². The van der Waals surface area contributed by atoms with Gasteiger partial charge in [-0.05, 0) is 17.7 Å². The number of aromatic nitrogens is 3. The van der Waals surface area contributed by atoms with Crippen LogP contribution < -0.4 is 5.73 Å². The minimum absolute atomic E-state index is 0.618. The summed E-state index contributed by atoms with van der Waals surface area (Å²) in [6.07, 6.45) is 0. The molecule has 0 aliphatic carbocycles. The fraction of sp³-hybridized carbons (Fsp3) is 0.125. The van der Waals surface area contributed by atoms with Crippen LogP contribution in [0.2, 0.25) is 0 Å². The zero-order chi connectivity index (χ0) is 15.9. The van der Waals surface area contributed by atoms with Crippen LogP contribution in [0.15, 0.2) is 59.1 Å². The van der Waals surface area contributed by atoms with E-state index in [2.05, 4.69) is 45.4 Å². The van der Waals surface area contributed by atoms with Gasteiger partial charge in [0.1, 0.15) is 0 Å². The Labute approximate surface area is 148 Å². The van der Waals surface area contributed by atoms with E-state index in [1.165, 1.54) is 5.56 Å². The molecule has 0 amide bonds. The molecule has 0 aliphatic heterocycles. The molecule has 0 unspecified atom stereocenters. The SMILES string of the molecule is Cn1[nH]c(-c2ccccc2)n[c]1=[Pt].NCc1ccc(Br)cc1. The Bertz CT molecular complexity index is 763. The summed E-state index contributed by atoms with van der Waals surface area (Å²) >= 11 is 5.51. The summed E-state index contributed by atoms with van der Waals surface area (Å²) in [6.45, 7) is 0.618. The largest absolute Gasteiger partial charge is 0.326 e. The van der Waals surface area contributed by atoms with E-state index in [4.69, 9.17) is 5.73 Å². The molecule has 1 aromatic heterocycles. The Morgan fingerprint density at radius 1 is 1.14 bits per heavy atom. The van der Waals surface area contributed by atoms with Gasteiger partial charge in [0.05, 0.1) is 0 Å². The molecule has 0 saturated heterocycles. The second kappa shape index (κ2) is 8.37. The number of halogens is 1. The smallest absolute Gasteiger partial charge is 0.0178 e. The van der Waals surface area contributed by atoms with Crippen LogP contribution in [0.1, 0.15) is 5.56 Å². The monoisotopic (exact) mass is 539 g/mol. The molecule has 3 aromatic rings. The van der Waals surface area contributed by atoms with Gasteiger partial charge in [0.2, 0.25) is 0 Å². The molecule has 0 fully saturated rings. The molecular weight excluding hydrogens is 523 g/mol. The second-order valence-corrected chi connectivity index (χ2v) is 6.50. The molecule has 0 aliphatic rings. The van der Waals surface area contributed by atoms with Gasteiger partial charge < -0.3 is 5.73 Å². The molecule has 118 valence electrons. The molecule has 6 heteroatoms. The Morgan fingerprint density at radius 2 is 1.77 bits per heavy atom. The summed E-state index contributed by atoms with van der Waals surface area (Å²) in [6, 6.07) is 18.1. The van der Waals surface area contributed by atoms with Crippen molar-refractivity contribution in [2.45, 2.75) is 6.54 Å². The normalized spacial score (nSPS) is 10.0.